The molecule has 0 heterocycles. The molecule has 0 fully saturated rings. The molecule has 0 aliphatic carbocycles. The number of hydrazone groups is 1. The van der Waals surface area contributed by atoms with Gasteiger partial charge in [-0.2, -0.15) is 5.10 Å². The van der Waals surface area contributed by atoms with E-state index < -0.39 is 30.0 Å². The van der Waals surface area contributed by atoms with Crippen LogP contribution in [0.4, 0.5) is 13.2 Å². The Morgan fingerprint density at radius 2 is 1.68 bits per heavy atom. The molecule has 2 rings (SSSR count). The summed E-state index contributed by atoms with van der Waals surface area (Å²) in [7, 11) is 0. The highest BCUT2D eigenvalue weighted by atomic mass is 19.1. The summed E-state index contributed by atoms with van der Waals surface area (Å²) in [6.45, 7) is -0.488. The van der Waals surface area contributed by atoms with Gasteiger partial charge in [-0.3, -0.25) is 4.79 Å². The van der Waals surface area contributed by atoms with E-state index in [1.165, 1.54) is 24.3 Å². The minimum absolute atomic E-state index is 0.0817. The standard InChI is InChI=1S/C15H11F3N2O2/c16-11-5-3-6-12(17)10(11)8-19-20-15(21)9-22-14-7-2-1-4-13(14)18/h1-8H,9H2,(H,20,21)/b19-8+. The average Bonchev–Trinajstić information content (AvgIpc) is 2.49. The molecule has 0 atom stereocenters. The molecule has 7 heteroatoms. The number of hydrogen-bond donors (Lipinski definition) is 1. The molecule has 1 amide bonds. The average molecular weight is 308 g/mol. The molecule has 0 radical (unpaired) electrons. The van der Waals surface area contributed by atoms with E-state index in [1.807, 2.05) is 5.43 Å². The van der Waals surface area contributed by atoms with Crippen molar-refractivity contribution in [1.29, 1.82) is 0 Å². The summed E-state index contributed by atoms with van der Waals surface area (Å²) in [5.41, 5.74) is 1.65. The van der Waals surface area contributed by atoms with Gasteiger partial charge in [-0.15, -0.1) is 0 Å². The lowest BCUT2D eigenvalue weighted by molar-refractivity contribution is -0.123. The minimum Gasteiger partial charge on any atom is -0.481 e. The van der Waals surface area contributed by atoms with Gasteiger partial charge in [-0.1, -0.05) is 18.2 Å². The molecule has 0 unspecified atom stereocenters. The monoisotopic (exact) mass is 308 g/mol. The highest BCUT2D eigenvalue weighted by molar-refractivity contribution is 5.83. The first-order chi connectivity index (χ1) is 10.6. The van der Waals surface area contributed by atoms with Gasteiger partial charge in [0.2, 0.25) is 0 Å². The van der Waals surface area contributed by atoms with Crippen molar-refractivity contribution >= 4 is 12.1 Å². The van der Waals surface area contributed by atoms with Crippen LogP contribution in [0.15, 0.2) is 47.6 Å². The molecule has 0 saturated heterocycles. The fourth-order valence-corrected chi connectivity index (χ4v) is 1.54. The Balaban J connectivity index is 1.88. The number of hydrogen-bond acceptors (Lipinski definition) is 3. The molecule has 4 nitrogen and oxygen atoms in total. The topological polar surface area (TPSA) is 50.7 Å². The predicted molar refractivity (Wildman–Crippen MR) is 74.0 cm³/mol. The van der Waals surface area contributed by atoms with Crippen LogP contribution in [-0.2, 0) is 4.79 Å². The van der Waals surface area contributed by atoms with E-state index in [4.69, 9.17) is 4.74 Å². The van der Waals surface area contributed by atoms with E-state index in [2.05, 4.69) is 5.10 Å². The summed E-state index contributed by atoms with van der Waals surface area (Å²) < 4.78 is 44.7. The van der Waals surface area contributed by atoms with E-state index in [9.17, 15) is 18.0 Å². The van der Waals surface area contributed by atoms with Crippen LogP contribution in [0, 0.1) is 17.5 Å². The second-order valence-electron chi connectivity index (χ2n) is 4.15. The maximum atomic E-state index is 13.3. The molecule has 2 aromatic carbocycles. The molecule has 1 N–H and O–H groups in total. The summed E-state index contributed by atoms with van der Waals surface area (Å²) >= 11 is 0. The van der Waals surface area contributed by atoms with E-state index >= 15 is 0 Å². The molecular formula is C15H11F3N2O2. The molecule has 22 heavy (non-hydrogen) atoms. The highest BCUT2D eigenvalue weighted by Gasteiger charge is 2.07. The molecule has 0 bridgehead atoms. The molecule has 0 saturated carbocycles. The van der Waals surface area contributed by atoms with E-state index in [0.29, 0.717) is 0 Å². The molecule has 0 aromatic heterocycles. The Morgan fingerprint density at radius 3 is 2.36 bits per heavy atom. The Hall–Kier alpha value is -2.83. The van der Waals surface area contributed by atoms with Crippen molar-refractivity contribution in [2.24, 2.45) is 5.10 Å². The number of halogens is 3. The van der Waals surface area contributed by atoms with Gasteiger partial charge in [0.05, 0.1) is 11.8 Å². The van der Waals surface area contributed by atoms with Crippen molar-refractivity contribution in [1.82, 2.24) is 5.43 Å². The Morgan fingerprint density at radius 1 is 1.05 bits per heavy atom. The van der Waals surface area contributed by atoms with E-state index in [0.717, 1.165) is 18.3 Å². The van der Waals surface area contributed by atoms with Gasteiger partial charge in [-0.25, -0.2) is 18.6 Å². The second kappa shape index (κ2) is 7.26. The van der Waals surface area contributed by atoms with Gasteiger partial charge in [0.1, 0.15) is 11.6 Å². The largest absolute Gasteiger partial charge is 0.481 e. The Bertz CT molecular complexity index is 685. The lowest BCUT2D eigenvalue weighted by atomic mass is 10.2. The SMILES string of the molecule is O=C(COc1ccccc1F)N/N=C/c1c(F)cccc1F. The fourth-order valence-electron chi connectivity index (χ4n) is 1.54. The number of para-hydroxylation sites is 1. The molecule has 2 aromatic rings. The van der Waals surface area contributed by atoms with Crippen LogP contribution in [0.3, 0.4) is 0 Å². The van der Waals surface area contributed by atoms with Crippen molar-refractivity contribution in [3.05, 3.63) is 65.5 Å². The first-order valence-corrected chi connectivity index (χ1v) is 6.21. The summed E-state index contributed by atoms with van der Waals surface area (Å²) in [4.78, 5) is 11.4. The Labute approximate surface area is 124 Å². The molecule has 0 aliphatic rings. The number of amides is 1. The number of nitrogens with zero attached hydrogens (tertiary/aromatic N) is 1. The zero-order chi connectivity index (χ0) is 15.9. The molecule has 0 spiro atoms. The van der Waals surface area contributed by atoms with Crippen LogP contribution in [0.2, 0.25) is 0 Å². The normalized spacial score (nSPS) is 10.7. The van der Waals surface area contributed by atoms with Crippen LogP contribution in [0.25, 0.3) is 0 Å². The maximum absolute atomic E-state index is 13.3. The lowest BCUT2D eigenvalue weighted by Gasteiger charge is -2.05. The lowest BCUT2D eigenvalue weighted by Crippen LogP contribution is -2.24. The summed E-state index contributed by atoms with van der Waals surface area (Å²) in [5, 5.41) is 3.42. The number of rotatable bonds is 5. The van der Waals surface area contributed by atoms with Gasteiger partial charge in [0.25, 0.3) is 5.91 Å². The van der Waals surface area contributed by atoms with Gasteiger partial charge >= 0.3 is 0 Å². The summed E-state index contributed by atoms with van der Waals surface area (Å²) in [6, 6.07) is 8.92. The summed E-state index contributed by atoms with van der Waals surface area (Å²) in [6.07, 6.45) is 0.839. The fraction of sp³-hybridized carbons (Fsp3) is 0.0667. The van der Waals surface area contributed by atoms with Crippen LogP contribution < -0.4 is 10.2 Å². The minimum atomic E-state index is -0.805. The third-order valence-corrected chi connectivity index (χ3v) is 2.58. The van der Waals surface area contributed by atoms with Crippen molar-refractivity contribution in [3.63, 3.8) is 0 Å². The van der Waals surface area contributed by atoms with Crippen LogP contribution >= 0.6 is 0 Å². The smallest absolute Gasteiger partial charge is 0.277 e. The quantitative estimate of drug-likeness (QED) is 0.682. The zero-order valence-corrected chi connectivity index (χ0v) is 11.2. The molecule has 0 aliphatic heterocycles. The van der Waals surface area contributed by atoms with Crippen molar-refractivity contribution < 1.29 is 22.7 Å². The number of ether oxygens (including phenoxy) is 1. The first kappa shape index (κ1) is 15.6. The van der Waals surface area contributed by atoms with Crippen LogP contribution in [0.5, 0.6) is 5.75 Å². The van der Waals surface area contributed by atoms with Crippen molar-refractivity contribution in [2.45, 2.75) is 0 Å². The van der Waals surface area contributed by atoms with Gasteiger partial charge in [0, 0.05) is 0 Å². The van der Waals surface area contributed by atoms with Crippen LogP contribution in [-0.4, -0.2) is 18.7 Å². The highest BCUT2D eigenvalue weighted by Crippen LogP contribution is 2.14. The van der Waals surface area contributed by atoms with Crippen LogP contribution in [0.1, 0.15) is 5.56 Å². The predicted octanol–water partition coefficient (Wildman–Crippen LogP) is 2.63. The van der Waals surface area contributed by atoms with Crippen molar-refractivity contribution in [3.8, 4) is 5.75 Å². The van der Waals surface area contributed by atoms with E-state index in [1.54, 1.807) is 6.07 Å². The first-order valence-electron chi connectivity index (χ1n) is 6.21. The second-order valence-corrected chi connectivity index (χ2v) is 4.15. The number of carbonyl (C=O) groups excluding carboxylic acids is 1. The van der Waals surface area contributed by atoms with Gasteiger partial charge in [0.15, 0.2) is 18.2 Å². The zero-order valence-electron chi connectivity index (χ0n) is 11.2. The van der Waals surface area contributed by atoms with Gasteiger partial charge < -0.3 is 4.74 Å². The molecular weight excluding hydrogens is 297 g/mol. The number of carbonyl (C=O) groups is 1. The third-order valence-electron chi connectivity index (χ3n) is 2.58. The maximum Gasteiger partial charge on any atom is 0.277 e. The van der Waals surface area contributed by atoms with Crippen molar-refractivity contribution in [2.75, 3.05) is 6.61 Å². The Kier molecular flexibility index (Phi) is 5.13. The van der Waals surface area contributed by atoms with E-state index in [-0.39, 0.29) is 11.3 Å². The number of nitrogens with one attached hydrogen (secondary N) is 1. The number of benzene rings is 2. The van der Waals surface area contributed by atoms with Gasteiger partial charge in [-0.05, 0) is 24.3 Å². The molecule has 114 valence electrons. The third kappa shape index (κ3) is 4.08. The summed E-state index contributed by atoms with van der Waals surface area (Å²) in [5.74, 6) is -2.99.